The monoisotopic (exact) mass is 329 g/mol. The Morgan fingerprint density at radius 2 is 2.05 bits per heavy atom. The molecule has 0 aromatic heterocycles. The van der Waals surface area contributed by atoms with E-state index in [4.69, 9.17) is 0 Å². The van der Waals surface area contributed by atoms with Gasteiger partial charge >= 0.3 is 6.03 Å². The lowest BCUT2D eigenvalue weighted by Gasteiger charge is -2.17. The number of anilines is 1. The van der Waals surface area contributed by atoms with Crippen molar-refractivity contribution in [2.45, 2.75) is 25.8 Å². The lowest BCUT2D eigenvalue weighted by molar-refractivity contribution is 0.248. The van der Waals surface area contributed by atoms with Crippen LogP contribution in [0.1, 0.15) is 19.8 Å². The maximum absolute atomic E-state index is 12.8. The first-order valence-corrected chi connectivity index (χ1v) is 8.82. The van der Waals surface area contributed by atoms with E-state index < -0.39 is 16.1 Å². The lowest BCUT2D eigenvalue weighted by atomic mass is 10.3. The second kappa shape index (κ2) is 7.06. The van der Waals surface area contributed by atoms with Crippen LogP contribution in [-0.4, -0.2) is 43.6 Å². The quantitative estimate of drug-likeness (QED) is 0.864. The Hall–Kier alpha value is -1.67. The average molecular weight is 329 g/mol. The summed E-state index contributed by atoms with van der Waals surface area (Å²) in [5.74, 6) is -0.250. The lowest BCUT2D eigenvalue weighted by Crippen LogP contribution is -2.41. The molecular weight excluding hydrogens is 309 g/mol. The number of halogens is 1. The molecule has 1 aliphatic heterocycles. The van der Waals surface area contributed by atoms with Gasteiger partial charge in [0, 0.05) is 24.8 Å². The number of amides is 2. The summed E-state index contributed by atoms with van der Waals surface area (Å²) in [7, 11) is -3.22. The molecule has 22 heavy (non-hydrogen) atoms. The van der Waals surface area contributed by atoms with Gasteiger partial charge in [-0.05, 0) is 37.1 Å². The molecule has 1 atom stereocenters. The second-order valence-electron chi connectivity index (χ2n) is 5.26. The molecule has 2 N–H and O–H groups in total. The predicted octanol–water partition coefficient (Wildman–Crippen LogP) is 1.76. The molecule has 0 aliphatic carbocycles. The Balaban J connectivity index is 1.85. The highest BCUT2D eigenvalue weighted by Crippen LogP contribution is 2.15. The first-order chi connectivity index (χ1) is 10.4. The molecule has 2 amide bonds. The Kier molecular flexibility index (Phi) is 5.36. The summed E-state index contributed by atoms with van der Waals surface area (Å²) in [4.78, 5) is 11.9. The van der Waals surface area contributed by atoms with Crippen LogP contribution in [-0.2, 0) is 10.0 Å². The zero-order valence-electron chi connectivity index (χ0n) is 12.4. The van der Waals surface area contributed by atoms with Crippen LogP contribution in [0, 0.1) is 5.82 Å². The van der Waals surface area contributed by atoms with Crippen LogP contribution < -0.4 is 10.6 Å². The van der Waals surface area contributed by atoms with E-state index in [1.807, 2.05) is 6.92 Å². The zero-order valence-corrected chi connectivity index (χ0v) is 13.2. The number of nitrogens with zero attached hydrogens (tertiary/aromatic N) is 1. The molecule has 1 saturated heterocycles. The first-order valence-electron chi connectivity index (χ1n) is 7.21. The molecule has 1 aromatic rings. The van der Waals surface area contributed by atoms with E-state index in [9.17, 15) is 17.6 Å². The number of hydrogen-bond donors (Lipinski definition) is 2. The van der Waals surface area contributed by atoms with E-state index in [2.05, 4.69) is 10.6 Å². The third kappa shape index (κ3) is 4.41. The van der Waals surface area contributed by atoms with Crippen LogP contribution in [0.4, 0.5) is 14.9 Å². The molecule has 0 unspecified atom stereocenters. The van der Waals surface area contributed by atoms with Gasteiger partial charge in [0.05, 0.1) is 5.75 Å². The molecule has 2 rings (SSSR count). The smallest absolute Gasteiger partial charge is 0.319 e. The van der Waals surface area contributed by atoms with Crippen LogP contribution in [0.3, 0.4) is 0 Å². The Bertz CT molecular complexity index is 619. The van der Waals surface area contributed by atoms with Crippen molar-refractivity contribution in [2.24, 2.45) is 0 Å². The number of sulfonamides is 1. The molecule has 0 bridgehead atoms. The summed E-state index contributed by atoms with van der Waals surface area (Å²) in [5, 5.41) is 5.33. The van der Waals surface area contributed by atoms with Crippen LogP contribution in [0.2, 0.25) is 0 Å². The fourth-order valence-corrected chi connectivity index (χ4v) is 3.94. The van der Waals surface area contributed by atoms with Gasteiger partial charge in [-0.1, -0.05) is 6.92 Å². The van der Waals surface area contributed by atoms with Crippen LogP contribution in [0.25, 0.3) is 0 Å². The largest absolute Gasteiger partial charge is 0.334 e. The molecule has 0 saturated carbocycles. The van der Waals surface area contributed by atoms with E-state index >= 15 is 0 Å². The van der Waals surface area contributed by atoms with Crippen molar-refractivity contribution in [1.29, 1.82) is 0 Å². The standard InChI is InChI=1S/C14H20FN3O3S/c1-2-9-22(20,21)18-8-7-13(10-18)17-14(19)16-12-5-3-11(15)4-6-12/h3-6,13H,2,7-10H2,1H3,(H2,16,17,19)/t13-/m0/s1. The van der Waals surface area contributed by atoms with Gasteiger partial charge in [-0.3, -0.25) is 0 Å². The van der Waals surface area contributed by atoms with Crippen molar-refractivity contribution in [1.82, 2.24) is 9.62 Å². The predicted molar refractivity (Wildman–Crippen MR) is 82.6 cm³/mol. The molecule has 122 valence electrons. The summed E-state index contributed by atoms with van der Waals surface area (Å²) in [6, 6.07) is 4.79. The summed E-state index contributed by atoms with van der Waals surface area (Å²) >= 11 is 0. The van der Waals surface area contributed by atoms with Gasteiger partial charge in [-0.2, -0.15) is 4.31 Å². The Morgan fingerprint density at radius 1 is 1.36 bits per heavy atom. The van der Waals surface area contributed by atoms with Gasteiger partial charge in [-0.25, -0.2) is 17.6 Å². The SMILES string of the molecule is CCCS(=O)(=O)N1CC[C@H](NC(=O)Nc2ccc(F)cc2)C1. The minimum Gasteiger partial charge on any atom is -0.334 e. The van der Waals surface area contributed by atoms with Crippen molar-refractivity contribution in [3.63, 3.8) is 0 Å². The highest BCUT2D eigenvalue weighted by atomic mass is 32.2. The van der Waals surface area contributed by atoms with E-state index in [0.29, 0.717) is 31.6 Å². The molecule has 1 heterocycles. The topological polar surface area (TPSA) is 78.5 Å². The van der Waals surface area contributed by atoms with E-state index in [0.717, 1.165) is 0 Å². The zero-order chi connectivity index (χ0) is 16.2. The number of carbonyl (C=O) groups is 1. The minimum absolute atomic E-state index is 0.126. The van der Waals surface area contributed by atoms with Gasteiger partial charge in [0.15, 0.2) is 0 Å². The second-order valence-corrected chi connectivity index (χ2v) is 7.35. The Labute approximate surface area is 129 Å². The first kappa shape index (κ1) is 16.7. The fraction of sp³-hybridized carbons (Fsp3) is 0.500. The van der Waals surface area contributed by atoms with Crippen LogP contribution in [0.5, 0.6) is 0 Å². The molecule has 8 heteroatoms. The van der Waals surface area contributed by atoms with Crippen molar-refractivity contribution in [2.75, 3.05) is 24.2 Å². The van der Waals surface area contributed by atoms with Crippen molar-refractivity contribution < 1.29 is 17.6 Å². The number of benzene rings is 1. The molecule has 6 nitrogen and oxygen atoms in total. The minimum atomic E-state index is -3.22. The summed E-state index contributed by atoms with van der Waals surface area (Å²) in [6.45, 7) is 2.53. The van der Waals surface area contributed by atoms with Gasteiger partial charge in [0.1, 0.15) is 5.82 Å². The maximum atomic E-state index is 12.8. The molecule has 1 aliphatic rings. The van der Waals surface area contributed by atoms with Crippen molar-refractivity contribution in [3.8, 4) is 0 Å². The molecule has 0 spiro atoms. The normalized spacial score (nSPS) is 19.1. The third-order valence-electron chi connectivity index (χ3n) is 3.44. The summed E-state index contributed by atoms with van der Waals surface area (Å²) < 4.78 is 38.1. The maximum Gasteiger partial charge on any atom is 0.319 e. The van der Waals surface area contributed by atoms with E-state index in [-0.39, 0.29) is 17.6 Å². The average Bonchev–Trinajstić information content (AvgIpc) is 2.90. The van der Waals surface area contributed by atoms with Crippen molar-refractivity contribution in [3.05, 3.63) is 30.1 Å². The third-order valence-corrected chi connectivity index (χ3v) is 5.49. The summed E-state index contributed by atoms with van der Waals surface area (Å²) in [6.07, 6.45) is 1.15. The van der Waals surface area contributed by atoms with Gasteiger partial charge < -0.3 is 10.6 Å². The number of rotatable bonds is 5. The van der Waals surface area contributed by atoms with Gasteiger partial charge in [0.2, 0.25) is 10.0 Å². The number of hydrogen-bond acceptors (Lipinski definition) is 3. The van der Waals surface area contributed by atoms with E-state index in [1.54, 1.807) is 0 Å². The summed E-state index contributed by atoms with van der Waals surface area (Å²) in [5.41, 5.74) is 0.479. The highest BCUT2D eigenvalue weighted by molar-refractivity contribution is 7.89. The van der Waals surface area contributed by atoms with Crippen molar-refractivity contribution >= 4 is 21.7 Å². The number of nitrogens with one attached hydrogen (secondary N) is 2. The highest BCUT2D eigenvalue weighted by Gasteiger charge is 2.31. The fourth-order valence-electron chi connectivity index (χ4n) is 2.37. The molecule has 1 aromatic carbocycles. The number of urea groups is 1. The molecule has 1 fully saturated rings. The Morgan fingerprint density at radius 3 is 2.68 bits per heavy atom. The molecular formula is C14H20FN3O3S. The van der Waals surface area contributed by atoms with Gasteiger partial charge in [-0.15, -0.1) is 0 Å². The van der Waals surface area contributed by atoms with Crippen LogP contribution in [0.15, 0.2) is 24.3 Å². The van der Waals surface area contributed by atoms with Gasteiger partial charge in [0.25, 0.3) is 0 Å². The van der Waals surface area contributed by atoms with Crippen LogP contribution >= 0.6 is 0 Å². The molecule has 0 radical (unpaired) electrons. The number of carbonyl (C=O) groups excluding carboxylic acids is 1. The van der Waals surface area contributed by atoms with E-state index in [1.165, 1.54) is 28.6 Å².